The maximum Gasteiger partial charge on any atom is 0.257 e. The van der Waals surface area contributed by atoms with E-state index in [4.69, 9.17) is 4.74 Å². The average Bonchev–Trinajstić information content (AvgIpc) is 3.27. The Bertz CT molecular complexity index is 1110. The van der Waals surface area contributed by atoms with Crippen LogP contribution in [0.2, 0.25) is 0 Å². The summed E-state index contributed by atoms with van der Waals surface area (Å²) in [6, 6.07) is 8.76. The molecule has 1 aromatic heterocycles. The molecule has 2 amide bonds. The number of halogens is 1. The first-order valence-electron chi connectivity index (χ1n) is 13.0. The predicted octanol–water partition coefficient (Wildman–Crippen LogP) is 5.72. The van der Waals surface area contributed by atoms with Gasteiger partial charge in [0.25, 0.3) is 5.91 Å². The van der Waals surface area contributed by atoms with Crippen LogP contribution in [0.3, 0.4) is 0 Å². The van der Waals surface area contributed by atoms with Crippen LogP contribution in [0.1, 0.15) is 68.1 Å². The lowest BCUT2D eigenvalue weighted by Gasteiger charge is -2.30. The molecular formula is C28H34FN3O3S. The van der Waals surface area contributed by atoms with E-state index in [2.05, 4.69) is 15.6 Å². The van der Waals surface area contributed by atoms with Gasteiger partial charge in [0, 0.05) is 23.4 Å². The fourth-order valence-corrected chi connectivity index (χ4v) is 6.27. The van der Waals surface area contributed by atoms with Gasteiger partial charge in [-0.3, -0.25) is 9.59 Å². The number of aromatic nitrogens is 1. The number of thioether (sulfide) groups is 1. The lowest BCUT2D eigenvalue weighted by atomic mass is 9.79. The summed E-state index contributed by atoms with van der Waals surface area (Å²) in [4.78, 5) is 30.5. The van der Waals surface area contributed by atoms with Crippen molar-refractivity contribution in [2.75, 3.05) is 12.8 Å². The lowest BCUT2D eigenvalue weighted by molar-refractivity contribution is -0.125. The van der Waals surface area contributed by atoms with Crippen LogP contribution in [0.25, 0.3) is 0 Å². The maximum atomic E-state index is 14.0. The second-order valence-electron chi connectivity index (χ2n) is 10.5. The fourth-order valence-electron chi connectivity index (χ4n) is 5.82. The Morgan fingerprint density at radius 3 is 2.69 bits per heavy atom. The maximum absolute atomic E-state index is 14.0. The molecule has 5 rings (SSSR count). The highest BCUT2D eigenvalue weighted by atomic mass is 32.2. The number of pyridine rings is 1. The van der Waals surface area contributed by atoms with Gasteiger partial charge < -0.3 is 15.4 Å². The summed E-state index contributed by atoms with van der Waals surface area (Å²) in [7, 11) is 0. The SMILES string of the molecule is CSc1cccc(Oc2ncc(F)cc2C(=O)NC2CC23CCC(CNC(=O)C2CCCC2)CC3)c1. The van der Waals surface area contributed by atoms with Crippen molar-refractivity contribution in [1.29, 1.82) is 0 Å². The Hall–Kier alpha value is -2.61. The Balaban J connectivity index is 1.15. The number of nitrogens with zero attached hydrogens (tertiary/aromatic N) is 1. The number of rotatable bonds is 8. The van der Waals surface area contributed by atoms with E-state index in [9.17, 15) is 14.0 Å². The van der Waals surface area contributed by atoms with Gasteiger partial charge in [0.05, 0.1) is 6.20 Å². The number of hydrogen-bond acceptors (Lipinski definition) is 5. The van der Waals surface area contributed by atoms with E-state index < -0.39 is 5.82 Å². The molecule has 2 N–H and O–H groups in total. The van der Waals surface area contributed by atoms with Crippen molar-refractivity contribution in [3.8, 4) is 11.6 Å². The zero-order chi connectivity index (χ0) is 25.1. The molecule has 6 nitrogen and oxygen atoms in total. The third-order valence-electron chi connectivity index (χ3n) is 8.21. The van der Waals surface area contributed by atoms with Crippen LogP contribution in [0.15, 0.2) is 41.4 Å². The van der Waals surface area contributed by atoms with E-state index in [0.29, 0.717) is 11.7 Å². The molecule has 8 heteroatoms. The van der Waals surface area contributed by atoms with E-state index >= 15 is 0 Å². The van der Waals surface area contributed by atoms with Crippen LogP contribution < -0.4 is 15.4 Å². The van der Waals surface area contributed by atoms with E-state index in [0.717, 1.165) is 62.6 Å². The zero-order valence-electron chi connectivity index (χ0n) is 20.7. The molecule has 1 aromatic carbocycles. The molecule has 3 fully saturated rings. The summed E-state index contributed by atoms with van der Waals surface area (Å²) >= 11 is 1.59. The molecule has 0 saturated heterocycles. The van der Waals surface area contributed by atoms with Gasteiger partial charge in [0.1, 0.15) is 17.1 Å². The monoisotopic (exact) mass is 511 g/mol. The molecule has 0 radical (unpaired) electrons. The van der Waals surface area contributed by atoms with Gasteiger partial charge in [-0.25, -0.2) is 9.37 Å². The molecular weight excluding hydrogens is 477 g/mol. The highest BCUT2D eigenvalue weighted by Crippen LogP contribution is 2.57. The van der Waals surface area contributed by atoms with Crippen molar-refractivity contribution >= 4 is 23.6 Å². The summed E-state index contributed by atoms with van der Waals surface area (Å²) in [5.74, 6) is 0.666. The molecule has 2 aromatic rings. The van der Waals surface area contributed by atoms with E-state index in [1.54, 1.807) is 17.8 Å². The molecule has 1 unspecified atom stereocenters. The normalized spacial score (nSPS) is 25.5. The van der Waals surface area contributed by atoms with Gasteiger partial charge in [-0.15, -0.1) is 11.8 Å². The standard InChI is InChI=1S/C28H34FN3O3S/c1-36-22-8-4-7-21(14-22)35-27-23(13-20(29)17-31-27)26(34)32-24-15-28(24)11-9-18(10-12-28)16-30-25(33)19-5-2-3-6-19/h4,7-8,13-14,17-19,24H,2-3,5-6,9-12,15-16H2,1H3,(H,30,33)(H,32,34). The molecule has 1 atom stereocenters. The highest BCUT2D eigenvalue weighted by molar-refractivity contribution is 7.98. The largest absolute Gasteiger partial charge is 0.438 e. The number of carbonyl (C=O) groups excluding carboxylic acids is 2. The number of carbonyl (C=O) groups is 2. The van der Waals surface area contributed by atoms with Crippen LogP contribution in [-0.4, -0.2) is 35.6 Å². The summed E-state index contributed by atoms with van der Waals surface area (Å²) in [5, 5.41) is 6.29. The van der Waals surface area contributed by atoms with E-state index in [-0.39, 0.29) is 40.6 Å². The van der Waals surface area contributed by atoms with Crippen molar-refractivity contribution in [2.45, 2.75) is 68.7 Å². The van der Waals surface area contributed by atoms with Crippen molar-refractivity contribution in [1.82, 2.24) is 15.6 Å². The van der Waals surface area contributed by atoms with Gasteiger partial charge in [-0.05, 0) is 86.8 Å². The number of ether oxygens (including phenoxy) is 1. The molecule has 3 aliphatic rings. The van der Waals surface area contributed by atoms with Crippen LogP contribution in [-0.2, 0) is 4.79 Å². The van der Waals surface area contributed by atoms with E-state index in [1.807, 2.05) is 24.5 Å². The average molecular weight is 512 g/mol. The molecule has 192 valence electrons. The van der Waals surface area contributed by atoms with Crippen LogP contribution in [0.5, 0.6) is 11.6 Å². The minimum atomic E-state index is -0.573. The number of nitrogens with one attached hydrogen (secondary N) is 2. The summed E-state index contributed by atoms with van der Waals surface area (Å²) in [5.41, 5.74) is 0.228. The Kier molecular flexibility index (Phi) is 7.51. The van der Waals surface area contributed by atoms with Crippen molar-refractivity contribution in [2.24, 2.45) is 17.3 Å². The molecule has 3 aliphatic carbocycles. The van der Waals surface area contributed by atoms with Gasteiger partial charge in [-0.2, -0.15) is 0 Å². The molecule has 36 heavy (non-hydrogen) atoms. The Morgan fingerprint density at radius 2 is 1.94 bits per heavy atom. The highest BCUT2D eigenvalue weighted by Gasteiger charge is 2.55. The minimum Gasteiger partial charge on any atom is -0.438 e. The fraction of sp³-hybridized carbons (Fsp3) is 0.536. The van der Waals surface area contributed by atoms with Crippen molar-refractivity contribution < 1.29 is 18.7 Å². The first kappa shape index (κ1) is 25.1. The summed E-state index contributed by atoms with van der Waals surface area (Å²) < 4.78 is 19.9. The van der Waals surface area contributed by atoms with Gasteiger partial charge in [-0.1, -0.05) is 18.9 Å². The third-order valence-corrected chi connectivity index (χ3v) is 8.93. The zero-order valence-corrected chi connectivity index (χ0v) is 21.5. The Labute approximate surface area is 216 Å². The first-order chi connectivity index (χ1) is 17.5. The molecule has 0 aliphatic heterocycles. The number of amides is 2. The first-order valence-corrected chi connectivity index (χ1v) is 14.2. The predicted molar refractivity (Wildman–Crippen MR) is 138 cm³/mol. The second kappa shape index (κ2) is 10.8. The quantitative estimate of drug-likeness (QED) is 0.443. The van der Waals surface area contributed by atoms with Gasteiger partial charge in [0.2, 0.25) is 11.8 Å². The van der Waals surface area contributed by atoms with Crippen molar-refractivity contribution in [3.05, 3.63) is 47.9 Å². The van der Waals surface area contributed by atoms with Crippen LogP contribution >= 0.6 is 11.8 Å². The topological polar surface area (TPSA) is 80.3 Å². The molecule has 1 heterocycles. The third kappa shape index (κ3) is 5.69. The van der Waals surface area contributed by atoms with Gasteiger partial charge >= 0.3 is 0 Å². The second-order valence-corrected chi connectivity index (χ2v) is 11.4. The summed E-state index contributed by atoms with van der Waals surface area (Å²) in [6.07, 6.45) is 12.5. The molecule has 0 bridgehead atoms. The summed E-state index contributed by atoms with van der Waals surface area (Å²) in [6.45, 7) is 0.760. The van der Waals surface area contributed by atoms with Crippen LogP contribution in [0.4, 0.5) is 4.39 Å². The number of benzene rings is 1. The molecule has 1 spiro atoms. The van der Waals surface area contributed by atoms with E-state index in [1.165, 1.54) is 18.9 Å². The van der Waals surface area contributed by atoms with Crippen molar-refractivity contribution in [3.63, 3.8) is 0 Å². The number of hydrogen-bond donors (Lipinski definition) is 2. The van der Waals surface area contributed by atoms with Gasteiger partial charge in [0.15, 0.2) is 0 Å². The smallest absolute Gasteiger partial charge is 0.257 e. The minimum absolute atomic E-state index is 0.0787. The van der Waals surface area contributed by atoms with Crippen LogP contribution in [0, 0.1) is 23.1 Å². The Morgan fingerprint density at radius 1 is 1.17 bits per heavy atom. The lowest BCUT2D eigenvalue weighted by Crippen LogP contribution is -2.36. The molecule has 3 saturated carbocycles.